The zero-order chi connectivity index (χ0) is 20.6. The number of rotatable bonds is 7. The van der Waals surface area contributed by atoms with Crippen LogP contribution >= 0.6 is 27.7 Å². The molecule has 3 rings (SSSR count). The van der Waals surface area contributed by atoms with Gasteiger partial charge in [0, 0.05) is 54.2 Å². The Balaban J connectivity index is 1.34. The molecule has 29 heavy (non-hydrogen) atoms. The van der Waals surface area contributed by atoms with Crippen LogP contribution in [0.3, 0.4) is 0 Å². The number of para-hydroxylation sites is 1. The molecule has 0 saturated carbocycles. The van der Waals surface area contributed by atoms with Crippen molar-refractivity contribution in [3.8, 4) is 0 Å². The lowest BCUT2D eigenvalue weighted by Gasteiger charge is -2.36. The van der Waals surface area contributed by atoms with E-state index in [0.29, 0.717) is 18.7 Å². The van der Waals surface area contributed by atoms with Crippen molar-refractivity contribution in [1.82, 2.24) is 10.2 Å². The van der Waals surface area contributed by atoms with Crippen LogP contribution in [0.4, 0.5) is 5.69 Å². The van der Waals surface area contributed by atoms with Crippen LogP contribution in [-0.2, 0) is 9.59 Å². The van der Waals surface area contributed by atoms with Crippen LogP contribution in [-0.4, -0.2) is 55.2 Å². The van der Waals surface area contributed by atoms with Crippen LogP contribution in [0.5, 0.6) is 0 Å². The van der Waals surface area contributed by atoms with Gasteiger partial charge in [-0.1, -0.05) is 34.1 Å². The molecule has 7 heteroatoms. The standard InChI is InChI=1S/C22H26BrN3O2S/c1-17-15-18(23)7-8-20(17)29-16-21(27)24-10-9-22(28)26-13-11-25(12-14-26)19-5-3-2-4-6-19/h2-8,15H,9-14,16H2,1H3,(H,24,27). The van der Waals surface area contributed by atoms with Crippen LogP contribution in [0.25, 0.3) is 0 Å². The Morgan fingerprint density at radius 1 is 1.07 bits per heavy atom. The number of halogens is 1. The maximum Gasteiger partial charge on any atom is 0.230 e. The van der Waals surface area contributed by atoms with E-state index in [1.165, 1.54) is 17.4 Å². The molecule has 2 amide bonds. The van der Waals surface area contributed by atoms with E-state index in [1.54, 1.807) is 0 Å². The van der Waals surface area contributed by atoms with Crippen LogP contribution in [0.15, 0.2) is 57.9 Å². The summed E-state index contributed by atoms with van der Waals surface area (Å²) >= 11 is 4.96. The number of carbonyl (C=O) groups is 2. The number of piperazine rings is 1. The first-order valence-electron chi connectivity index (χ1n) is 9.76. The van der Waals surface area contributed by atoms with Gasteiger partial charge in [0.15, 0.2) is 0 Å². The number of anilines is 1. The number of amides is 2. The molecular formula is C22H26BrN3O2S. The third-order valence-corrected chi connectivity index (χ3v) is 6.58. The number of thioether (sulfide) groups is 1. The van der Waals surface area contributed by atoms with Gasteiger partial charge >= 0.3 is 0 Å². The summed E-state index contributed by atoms with van der Waals surface area (Å²) in [5.74, 6) is 0.417. The number of nitrogens with one attached hydrogen (secondary N) is 1. The third kappa shape index (κ3) is 6.51. The summed E-state index contributed by atoms with van der Waals surface area (Å²) < 4.78 is 1.03. The van der Waals surface area contributed by atoms with Crippen LogP contribution in [0, 0.1) is 6.92 Å². The van der Waals surface area contributed by atoms with Gasteiger partial charge in [0.25, 0.3) is 0 Å². The van der Waals surface area contributed by atoms with E-state index in [4.69, 9.17) is 0 Å². The van der Waals surface area contributed by atoms with Gasteiger partial charge in [-0.3, -0.25) is 9.59 Å². The van der Waals surface area contributed by atoms with E-state index in [9.17, 15) is 9.59 Å². The monoisotopic (exact) mass is 475 g/mol. The number of nitrogens with zero attached hydrogens (tertiary/aromatic N) is 2. The molecule has 0 radical (unpaired) electrons. The average molecular weight is 476 g/mol. The second-order valence-corrected chi connectivity index (χ2v) is 8.93. The van der Waals surface area contributed by atoms with Crippen molar-refractivity contribution in [3.05, 3.63) is 58.6 Å². The van der Waals surface area contributed by atoms with Crippen molar-refractivity contribution in [2.24, 2.45) is 0 Å². The Morgan fingerprint density at radius 3 is 2.48 bits per heavy atom. The largest absolute Gasteiger partial charge is 0.368 e. The Hall–Kier alpha value is -1.99. The van der Waals surface area contributed by atoms with Crippen molar-refractivity contribution in [2.45, 2.75) is 18.2 Å². The van der Waals surface area contributed by atoms with Gasteiger partial charge in [-0.2, -0.15) is 0 Å². The minimum atomic E-state index is -0.0426. The molecule has 1 N–H and O–H groups in total. The quantitative estimate of drug-likeness (QED) is 0.620. The number of aryl methyl sites for hydroxylation is 1. The third-order valence-electron chi connectivity index (χ3n) is 4.91. The fourth-order valence-electron chi connectivity index (χ4n) is 3.29. The van der Waals surface area contributed by atoms with Gasteiger partial charge in [-0.05, 0) is 42.8 Å². The second kappa shape index (κ2) is 10.7. The predicted molar refractivity (Wildman–Crippen MR) is 122 cm³/mol. The molecule has 0 spiro atoms. The van der Waals surface area contributed by atoms with Gasteiger partial charge in [0.2, 0.25) is 11.8 Å². The molecule has 154 valence electrons. The van der Waals surface area contributed by atoms with Gasteiger partial charge in [-0.25, -0.2) is 0 Å². The minimum absolute atomic E-state index is 0.0426. The Morgan fingerprint density at radius 2 is 1.79 bits per heavy atom. The smallest absolute Gasteiger partial charge is 0.230 e. The van der Waals surface area contributed by atoms with Crippen LogP contribution in [0.1, 0.15) is 12.0 Å². The van der Waals surface area contributed by atoms with Crippen molar-refractivity contribution < 1.29 is 9.59 Å². The molecule has 0 aliphatic carbocycles. The SMILES string of the molecule is Cc1cc(Br)ccc1SCC(=O)NCCC(=O)N1CCN(c2ccccc2)CC1. The van der Waals surface area contributed by atoms with E-state index in [2.05, 4.69) is 38.3 Å². The lowest BCUT2D eigenvalue weighted by Crippen LogP contribution is -2.49. The van der Waals surface area contributed by atoms with Crippen LogP contribution in [0.2, 0.25) is 0 Å². The van der Waals surface area contributed by atoms with Gasteiger partial charge in [0.05, 0.1) is 5.75 Å². The molecule has 1 fully saturated rings. The van der Waals surface area contributed by atoms with E-state index in [-0.39, 0.29) is 11.8 Å². The number of hydrogen-bond acceptors (Lipinski definition) is 4. The highest BCUT2D eigenvalue weighted by Gasteiger charge is 2.21. The molecule has 2 aromatic carbocycles. The zero-order valence-corrected chi connectivity index (χ0v) is 19.0. The summed E-state index contributed by atoms with van der Waals surface area (Å²) in [6, 6.07) is 16.3. The summed E-state index contributed by atoms with van der Waals surface area (Å²) in [6.07, 6.45) is 0.346. The normalized spacial score (nSPS) is 14.0. The predicted octanol–water partition coefficient (Wildman–Crippen LogP) is 3.70. The molecule has 2 aromatic rings. The lowest BCUT2D eigenvalue weighted by molar-refractivity contribution is -0.131. The Bertz CT molecular complexity index is 839. The first-order chi connectivity index (χ1) is 14.0. The number of hydrogen-bond donors (Lipinski definition) is 1. The van der Waals surface area contributed by atoms with Crippen LogP contribution < -0.4 is 10.2 Å². The van der Waals surface area contributed by atoms with Crippen molar-refractivity contribution >= 4 is 45.2 Å². The highest BCUT2D eigenvalue weighted by atomic mass is 79.9. The Kier molecular flexibility index (Phi) is 8.00. The molecule has 0 unspecified atom stereocenters. The maximum atomic E-state index is 12.4. The molecule has 0 atom stereocenters. The molecule has 5 nitrogen and oxygen atoms in total. The molecule has 1 saturated heterocycles. The molecule has 1 heterocycles. The lowest BCUT2D eigenvalue weighted by atomic mass is 10.2. The number of benzene rings is 2. The van der Waals surface area contributed by atoms with Gasteiger partial charge in [0.1, 0.15) is 0 Å². The molecular weight excluding hydrogens is 450 g/mol. The van der Waals surface area contributed by atoms with E-state index < -0.39 is 0 Å². The fourth-order valence-corrected chi connectivity index (χ4v) is 4.60. The van der Waals surface area contributed by atoms with Gasteiger partial charge in [-0.15, -0.1) is 11.8 Å². The summed E-state index contributed by atoms with van der Waals surface area (Å²) in [5.41, 5.74) is 2.34. The maximum absolute atomic E-state index is 12.4. The molecule has 0 aromatic heterocycles. The molecule has 1 aliphatic rings. The van der Waals surface area contributed by atoms with E-state index in [1.807, 2.05) is 48.2 Å². The highest BCUT2D eigenvalue weighted by Crippen LogP contribution is 2.25. The van der Waals surface area contributed by atoms with Crippen molar-refractivity contribution in [3.63, 3.8) is 0 Å². The minimum Gasteiger partial charge on any atom is -0.368 e. The van der Waals surface area contributed by atoms with Crippen molar-refractivity contribution in [1.29, 1.82) is 0 Å². The second-order valence-electron chi connectivity index (χ2n) is 7.00. The first-order valence-corrected chi connectivity index (χ1v) is 11.5. The van der Waals surface area contributed by atoms with E-state index in [0.717, 1.165) is 41.1 Å². The first kappa shape index (κ1) is 21.7. The molecule has 0 bridgehead atoms. The van der Waals surface area contributed by atoms with Gasteiger partial charge < -0.3 is 15.1 Å². The summed E-state index contributed by atoms with van der Waals surface area (Å²) in [5, 5.41) is 2.86. The topological polar surface area (TPSA) is 52.7 Å². The molecule has 1 aliphatic heterocycles. The fraction of sp³-hybridized carbons (Fsp3) is 0.364. The summed E-state index contributed by atoms with van der Waals surface area (Å²) in [6.45, 7) is 5.54. The number of carbonyl (C=O) groups excluding carboxylic acids is 2. The summed E-state index contributed by atoms with van der Waals surface area (Å²) in [4.78, 5) is 29.8. The van der Waals surface area contributed by atoms with Crippen molar-refractivity contribution in [2.75, 3.05) is 43.4 Å². The van der Waals surface area contributed by atoms with E-state index >= 15 is 0 Å². The zero-order valence-electron chi connectivity index (χ0n) is 16.6. The average Bonchev–Trinajstić information content (AvgIpc) is 2.74. The Labute approximate surface area is 185 Å². The highest BCUT2D eigenvalue weighted by molar-refractivity contribution is 9.10. The summed E-state index contributed by atoms with van der Waals surface area (Å²) in [7, 11) is 0.